The first-order valence-corrected chi connectivity index (χ1v) is 11.6. The zero-order chi connectivity index (χ0) is 23.8. The Balaban J connectivity index is 1.54. The van der Waals surface area contributed by atoms with Gasteiger partial charge in [0.05, 0.1) is 22.9 Å². The highest BCUT2D eigenvalue weighted by molar-refractivity contribution is 6.31. The minimum Gasteiger partial charge on any atom is -0.489 e. The van der Waals surface area contributed by atoms with Gasteiger partial charge in [-0.1, -0.05) is 18.5 Å². The Morgan fingerprint density at radius 2 is 1.97 bits per heavy atom. The lowest BCUT2D eigenvalue weighted by Gasteiger charge is -2.39. The van der Waals surface area contributed by atoms with Crippen LogP contribution in [0.4, 0.5) is 4.79 Å². The molecule has 3 aromatic rings. The van der Waals surface area contributed by atoms with Crippen LogP contribution >= 0.6 is 11.6 Å². The summed E-state index contributed by atoms with van der Waals surface area (Å²) in [6.07, 6.45) is 4.69. The van der Waals surface area contributed by atoms with E-state index in [1.54, 1.807) is 12.4 Å². The summed E-state index contributed by atoms with van der Waals surface area (Å²) >= 11 is 6.21. The summed E-state index contributed by atoms with van der Waals surface area (Å²) in [6, 6.07) is 9.58. The average Bonchev–Trinajstić information content (AvgIpc) is 2.70. The summed E-state index contributed by atoms with van der Waals surface area (Å²) in [7, 11) is 0. The maximum absolute atomic E-state index is 12.4. The lowest BCUT2D eigenvalue weighted by Crippen LogP contribution is -2.55. The highest BCUT2D eigenvalue weighted by Gasteiger charge is 2.37. The fourth-order valence-electron chi connectivity index (χ4n) is 4.81. The summed E-state index contributed by atoms with van der Waals surface area (Å²) < 4.78 is 11.8. The lowest BCUT2D eigenvalue weighted by atomic mass is 9.83. The topological polar surface area (TPSA) is 73.3 Å². The Morgan fingerprint density at radius 3 is 2.73 bits per heavy atom. The highest BCUT2D eigenvalue weighted by Crippen LogP contribution is 2.33. The van der Waals surface area contributed by atoms with Crippen molar-refractivity contribution in [1.29, 1.82) is 0 Å². The van der Waals surface area contributed by atoms with E-state index >= 15 is 0 Å². The van der Waals surface area contributed by atoms with Gasteiger partial charge < -0.3 is 14.8 Å². The van der Waals surface area contributed by atoms with Crippen LogP contribution in [0.25, 0.3) is 22.2 Å². The van der Waals surface area contributed by atoms with Crippen molar-refractivity contribution in [2.24, 2.45) is 5.92 Å². The number of aryl methyl sites for hydroxylation is 1. The maximum atomic E-state index is 12.4. The molecule has 1 amide bonds. The summed E-state index contributed by atoms with van der Waals surface area (Å²) in [6.45, 7) is 10.4. The predicted molar refractivity (Wildman–Crippen MR) is 131 cm³/mol. The van der Waals surface area contributed by atoms with Crippen LogP contribution in [0.2, 0.25) is 5.02 Å². The van der Waals surface area contributed by atoms with E-state index in [-0.39, 0.29) is 0 Å². The largest absolute Gasteiger partial charge is 0.489 e. The van der Waals surface area contributed by atoms with Crippen molar-refractivity contribution in [3.05, 3.63) is 53.3 Å². The second-order valence-corrected chi connectivity index (χ2v) is 10.4. The molecule has 0 radical (unpaired) electrons. The van der Waals surface area contributed by atoms with Gasteiger partial charge in [-0.2, -0.15) is 0 Å². The number of nitrogens with zero attached hydrogens (tertiary/aromatic N) is 2. The summed E-state index contributed by atoms with van der Waals surface area (Å²) in [5.41, 5.74) is 2.58. The lowest BCUT2D eigenvalue weighted by molar-refractivity contribution is -0.00394. The van der Waals surface area contributed by atoms with E-state index in [9.17, 15) is 4.79 Å². The van der Waals surface area contributed by atoms with Gasteiger partial charge in [-0.3, -0.25) is 9.97 Å². The van der Waals surface area contributed by atoms with Gasteiger partial charge in [0.25, 0.3) is 0 Å². The number of alkyl carbamates (subject to hydrolysis) is 1. The fraction of sp³-hybridized carbons (Fsp3) is 0.423. The van der Waals surface area contributed by atoms with Crippen molar-refractivity contribution in [2.75, 3.05) is 6.61 Å². The van der Waals surface area contributed by atoms with Gasteiger partial charge in [-0.15, -0.1) is 0 Å². The molecule has 1 N–H and O–H groups in total. The number of rotatable bonds is 4. The number of nitrogens with one attached hydrogen (secondary N) is 1. The van der Waals surface area contributed by atoms with Gasteiger partial charge in [-0.05, 0) is 82.3 Å². The van der Waals surface area contributed by atoms with Crippen molar-refractivity contribution in [3.63, 3.8) is 0 Å². The molecule has 1 aromatic carbocycles. The quantitative estimate of drug-likeness (QED) is 0.485. The second-order valence-electron chi connectivity index (χ2n) is 9.99. The van der Waals surface area contributed by atoms with Gasteiger partial charge in [-0.25, -0.2) is 4.79 Å². The molecule has 174 valence electrons. The molecular weight excluding hydrogens is 438 g/mol. The van der Waals surface area contributed by atoms with E-state index in [2.05, 4.69) is 22.2 Å². The zero-order valence-corrected chi connectivity index (χ0v) is 20.5. The molecule has 1 saturated heterocycles. The number of fused-ring (bicyclic) bond motifs is 1. The van der Waals surface area contributed by atoms with E-state index in [0.717, 1.165) is 40.6 Å². The fourth-order valence-corrected chi connectivity index (χ4v) is 4.98. The zero-order valence-electron chi connectivity index (χ0n) is 19.7. The van der Waals surface area contributed by atoms with Gasteiger partial charge in [0.2, 0.25) is 0 Å². The Hall–Kier alpha value is -2.86. The van der Waals surface area contributed by atoms with Crippen LogP contribution in [0.15, 0.2) is 42.7 Å². The smallest absolute Gasteiger partial charge is 0.408 e. The van der Waals surface area contributed by atoms with Crippen LogP contribution in [0.1, 0.15) is 46.1 Å². The average molecular weight is 468 g/mol. The number of halogens is 1. The SMILES string of the molecule is Cc1cc(-c2ccnc3ccc(Cl)cc23)ncc1OC[C@]1(C)CC(C)CC(C)(C)OC(=O)N1. The molecule has 0 spiro atoms. The Kier molecular flexibility index (Phi) is 6.23. The molecule has 1 aliphatic rings. The highest BCUT2D eigenvalue weighted by atomic mass is 35.5. The molecule has 33 heavy (non-hydrogen) atoms. The van der Waals surface area contributed by atoms with E-state index in [1.165, 1.54) is 0 Å². The molecule has 3 heterocycles. The third kappa shape index (κ3) is 5.38. The van der Waals surface area contributed by atoms with E-state index in [1.807, 2.05) is 58.0 Å². The van der Waals surface area contributed by atoms with Gasteiger partial charge in [0.15, 0.2) is 0 Å². The number of amides is 1. The van der Waals surface area contributed by atoms with Crippen molar-refractivity contribution in [2.45, 2.75) is 58.6 Å². The number of carbonyl (C=O) groups excluding carboxylic acids is 1. The van der Waals surface area contributed by atoms with Crippen LogP contribution in [0, 0.1) is 12.8 Å². The van der Waals surface area contributed by atoms with E-state index < -0.39 is 17.2 Å². The number of benzene rings is 1. The Morgan fingerprint density at radius 1 is 1.18 bits per heavy atom. The van der Waals surface area contributed by atoms with Gasteiger partial charge >= 0.3 is 6.09 Å². The standard InChI is InChI=1S/C26H30ClN3O3/c1-16-12-25(3,4)33-24(31)30-26(5,13-16)15-32-23-14-29-22(10-17(23)2)19-8-9-28-21-7-6-18(27)11-20(19)21/h6-11,14,16H,12-13,15H2,1-5H3,(H,30,31)/t16?,26-/m0/s1. The molecule has 4 rings (SSSR count). The number of aromatic nitrogens is 2. The number of hydrogen-bond acceptors (Lipinski definition) is 5. The molecule has 0 aliphatic carbocycles. The summed E-state index contributed by atoms with van der Waals surface area (Å²) in [5, 5.41) is 4.62. The normalized spacial score (nSPS) is 22.7. The molecule has 1 unspecified atom stereocenters. The number of pyridine rings is 2. The molecule has 7 heteroatoms. The van der Waals surface area contributed by atoms with Crippen LogP contribution in [0.5, 0.6) is 5.75 Å². The van der Waals surface area contributed by atoms with Crippen molar-refractivity contribution in [1.82, 2.24) is 15.3 Å². The van der Waals surface area contributed by atoms with Crippen LogP contribution in [0.3, 0.4) is 0 Å². The molecule has 1 fully saturated rings. The van der Waals surface area contributed by atoms with Crippen molar-refractivity contribution >= 4 is 28.6 Å². The number of ether oxygens (including phenoxy) is 2. The maximum Gasteiger partial charge on any atom is 0.408 e. The first-order chi connectivity index (χ1) is 15.5. The molecule has 2 aromatic heterocycles. The van der Waals surface area contributed by atoms with Crippen molar-refractivity contribution in [3.8, 4) is 17.0 Å². The van der Waals surface area contributed by atoms with Crippen LogP contribution in [-0.4, -0.2) is 33.8 Å². The summed E-state index contributed by atoms with van der Waals surface area (Å²) in [5.74, 6) is 1.05. The molecular formula is C26H30ClN3O3. The van der Waals surface area contributed by atoms with E-state index in [4.69, 9.17) is 21.1 Å². The third-order valence-electron chi connectivity index (χ3n) is 6.00. The van der Waals surface area contributed by atoms with Crippen molar-refractivity contribution < 1.29 is 14.3 Å². The minimum atomic E-state index is -0.545. The van der Waals surface area contributed by atoms with Gasteiger partial charge in [0, 0.05) is 22.2 Å². The number of cyclic esters (lactones) is 1. The van der Waals surface area contributed by atoms with Crippen LogP contribution in [-0.2, 0) is 4.74 Å². The molecule has 0 bridgehead atoms. The second kappa shape index (κ2) is 8.82. The Labute approximate surface area is 199 Å². The molecule has 6 nitrogen and oxygen atoms in total. The minimum absolute atomic E-state index is 0.322. The third-order valence-corrected chi connectivity index (χ3v) is 6.24. The monoisotopic (exact) mass is 467 g/mol. The number of hydrogen-bond donors (Lipinski definition) is 1. The first-order valence-electron chi connectivity index (χ1n) is 11.2. The Bertz CT molecular complexity index is 1200. The van der Waals surface area contributed by atoms with Gasteiger partial charge in [0.1, 0.15) is 18.0 Å². The number of carbonyl (C=O) groups is 1. The molecule has 1 aliphatic heterocycles. The molecule has 2 atom stereocenters. The predicted octanol–water partition coefficient (Wildman–Crippen LogP) is 6.33. The van der Waals surface area contributed by atoms with E-state index in [0.29, 0.717) is 23.3 Å². The molecule has 0 saturated carbocycles. The summed E-state index contributed by atoms with van der Waals surface area (Å²) in [4.78, 5) is 21.4. The first kappa shape index (κ1) is 23.3. The van der Waals surface area contributed by atoms with Crippen LogP contribution < -0.4 is 10.1 Å².